The number of hydrogen-bond donors (Lipinski definition) is 1. The molecule has 3 aromatic rings. The van der Waals surface area contributed by atoms with Crippen LogP contribution in [-0.4, -0.2) is 50.8 Å². The Balaban J connectivity index is 1.56. The molecule has 9 nitrogen and oxygen atoms in total. The highest BCUT2D eigenvalue weighted by Gasteiger charge is 2.26. The van der Waals surface area contributed by atoms with Crippen LogP contribution < -0.4 is 5.32 Å². The second kappa shape index (κ2) is 7.48. The van der Waals surface area contributed by atoms with Gasteiger partial charge in [-0.3, -0.25) is 0 Å². The molecule has 148 valence electrons. The monoisotopic (exact) mass is 384 g/mol. The largest absolute Gasteiger partial charge is 0.418 e. The molecule has 0 spiro atoms. The molecule has 2 fully saturated rings. The van der Waals surface area contributed by atoms with E-state index in [1.54, 1.807) is 6.20 Å². The van der Waals surface area contributed by atoms with Crippen LogP contribution in [0.1, 0.15) is 44.6 Å². The van der Waals surface area contributed by atoms with Crippen LogP contribution in [0.5, 0.6) is 0 Å². The number of pyridine rings is 1. The summed E-state index contributed by atoms with van der Waals surface area (Å²) in [5, 5.41) is 17.6. The maximum atomic E-state index is 5.99. The standard InChI is InChI=1S/C19H24N6O3/c1-2-25-17-13(11-21-25)16(22-12-5-8-26-9-6-12)14(10-20-17)18-23-24-19(28-18)15-4-3-7-27-15/h10-12,15H,2-9H2,1H3,(H,20,22). The van der Waals surface area contributed by atoms with Gasteiger partial charge in [0.05, 0.1) is 22.8 Å². The van der Waals surface area contributed by atoms with Crippen molar-refractivity contribution in [3.05, 3.63) is 18.3 Å². The van der Waals surface area contributed by atoms with Crippen LogP contribution in [0.3, 0.4) is 0 Å². The average molecular weight is 384 g/mol. The summed E-state index contributed by atoms with van der Waals surface area (Å²) in [5.74, 6) is 0.993. The van der Waals surface area contributed by atoms with E-state index in [1.807, 2.05) is 10.9 Å². The minimum Gasteiger partial charge on any atom is -0.418 e. The van der Waals surface area contributed by atoms with Crippen molar-refractivity contribution in [1.29, 1.82) is 0 Å². The molecule has 1 N–H and O–H groups in total. The normalized spacial score (nSPS) is 20.8. The molecule has 5 rings (SSSR count). The summed E-state index contributed by atoms with van der Waals surface area (Å²) in [7, 11) is 0. The van der Waals surface area contributed by atoms with Gasteiger partial charge >= 0.3 is 0 Å². The van der Waals surface area contributed by atoms with Gasteiger partial charge in [-0.2, -0.15) is 5.10 Å². The van der Waals surface area contributed by atoms with Gasteiger partial charge in [0.15, 0.2) is 5.65 Å². The Morgan fingerprint density at radius 1 is 1.14 bits per heavy atom. The first-order chi connectivity index (χ1) is 13.8. The van der Waals surface area contributed by atoms with Gasteiger partial charge in [-0.25, -0.2) is 9.67 Å². The van der Waals surface area contributed by atoms with Gasteiger partial charge in [-0.05, 0) is 32.6 Å². The second-order valence-electron chi connectivity index (χ2n) is 7.22. The molecule has 0 radical (unpaired) electrons. The number of aryl methyl sites for hydroxylation is 1. The molecule has 28 heavy (non-hydrogen) atoms. The molecule has 0 saturated carbocycles. The van der Waals surface area contributed by atoms with Crippen molar-refractivity contribution in [2.24, 2.45) is 0 Å². The Morgan fingerprint density at radius 2 is 2.04 bits per heavy atom. The van der Waals surface area contributed by atoms with Crippen LogP contribution in [0.15, 0.2) is 16.8 Å². The highest BCUT2D eigenvalue weighted by molar-refractivity contribution is 5.96. The van der Waals surface area contributed by atoms with Crippen LogP contribution in [0, 0.1) is 0 Å². The maximum Gasteiger partial charge on any atom is 0.251 e. The maximum absolute atomic E-state index is 5.99. The van der Waals surface area contributed by atoms with E-state index >= 15 is 0 Å². The lowest BCUT2D eigenvalue weighted by Crippen LogP contribution is -2.28. The molecule has 2 saturated heterocycles. The summed E-state index contributed by atoms with van der Waals surface area (Å²) in [6.45, 7) is 5.08. The van der Waals surface area contributed by atoms with E-state index < -0.39 is 0 Å². The molecule has 1 atom stereocenters. The Labute approximate surface area is 162 Å². The van der Waals surface area contributed by atoms with Crippen molar-refractivity contribution in [2.75, 3.05) is 25.1 Å². The Morgan fingerprint density at radius 3 is 2.82 bits per heavy atom. The number of nitrogens with zero attached hydrogens (tertiary/aromatic N) is 5. The van der Waals surface area contributed by atoms with Gasteiger partial charge in [0.2, 0.25) is 5.89 Å². The van der Waals surface area contributed by atoms with Crippen molar-refractivity contribution in [1.82, 2.24) is 25.0 Å². The minimum absolute atomic E-state index is 0.104. The molecule has 1 unspecified atom stereocenters. The molecule has 9 heteroatoms. The van der Waals surface area contributed by atoms with Crippen LogP contribution in [0.25, 0.3) is 22.5 Å². The third-order valence-corrected chi connectivity index (χ3v) is 5.41. The lowest BCUT2D eigenvalue weighted by molar-refractivity contribution is 0.0895. The number of rotatable bonds is 5. The van der Waals surface area contributed by atoms with Crippen molar-refractivity contribution in [3.63, 3.8) is 0 Å². The zero-order chi connectivity index (χ0) is 18.9. The van der Waals surface area contributed by atoms with E-state index in [1.165, 1.54) is 0 Å². The molecule has 2 aliphatic heterocycles. The van der Waals surface area contributed by atoms with Crippen LogP contribution in [0.2, 0.25) is 0 Å². The second-order valence-corrected chi connectivity index (χ2v) is 7.22. The van der Waals surface area contributed by atoms with E-state index in [4.69, 9.17) is 13.9 Å². The molecular weight excluding hydrogens is 360 g/mol. The number of anilines is 1. The predicted octanol–water partition coefficient (Wildman–Crippen LogP) is 2.94. The molecule has 0 aromatic carbocycles. The third kappa shape index (κ3) is 3.14. The van der Waals surface area contributed by atoms with Crippen molar-refractivity contribution >= 4 is 16.7 Å². The minimum atomic E-state index is -0.104. The summed E-state index contributed by atoms with van der Waals surface area (Å²) in [5.41, 5.74) is 2.59. The quantitative estimate of drug-likeness (QED) is 0.717. The van der Waals surface area contributed by atoms with Gasteiger partial charge < -0.3 is 19.2 Å². The smallest absolute Gasteiger partial charge is 0.251 e. The van der Waals surface area contributed by atoms with E-state index in [9.17, 15) is 0 Å². The van der Waals surface area contributed by atoms with E-state index in [0.717, 1.165) is 74.3 Å². The van der Waals surface area contributed by atoms with Gasteiger partial charge in [0.25, 0.3) is 5.89 Å². The van der Waals surface area contributed by atoms with Gasteiger partial charge in [0, 0.05) is 38.6 Å². The summed E-state index contributed by atoms with van der Waals surface area (Å²) >= 11 is 0. The van der Waals surface area contributed by atoms with Gasteiger partial charge in [-0.15, -0.1) is 10.2 Å². The first kappa shape index (κ1) is 17.6. The Bertz CT molecular complexity index is 956. The van der Waals surface area contributed by atoms with Crippen LogP contribution in [-0.2, 0) is 16.0 Å². The first-order valence-corrected chi connectivity index (χ1v) is 9.97. The lowest BCUT2D eigenvalue weighted by Gasteiger charge is -2.25. The van der Waals surface area contributed by atoms with E-state index in [-0.39, 0.29) is 6.10 Å². The van der Waals surface area contributed by atoms with Crippen LogP contribution in [0.4, 0.5) is 5.69 Å². The number of fused-ring (bicyclic) bond motifs is 1. The average Bonchev–Trinajstić information content (AvgIpc) is 3.48. The van der Waals surface area contributed by atoms with Crippen molar-refractivity contribution < 1.29 is 13.9 Å². The summed E-state index contributed by atoms with van der Waals surface area (Å²) in [6, 6.07) is 0.323. The number of nitrogens with one attached hydrogen (secondary N) is 1. The fraction of sp³-hybridized carbons (Fsp3) is 0.579. The number of ether oxygens (including phenoxy) is 2. The molecule has 5 heterocycles. The number of aromatic nitrogens is 5. The highest BCUT2D eigenvalue weighted by atomic mass is 16.5. The summed E-state index contributed by atoms with van der Waals surface area (Å²) in [4.78, 5) is 4.63. The zero-order valence-corrected chi connectivity index (χ0v) is 15.9. The fourth-order valence-electron chi connectivity index (χ4n) is 3.87. The van der Waals surface area contributed by atoms with Crippen molar-refractivity contribution in [2.45, 2.75) is 51.3 Å². The lowest BCUT2D eigenvalue weighted by atomic mass is 10.1. The van der Waals surface area contributed by atoms with Gasteiger partial charge in [0.1, 0.15) is 6.10 Å². The van der Waals surface area contributed by atoms with Crippen molar-refractivity contribution in [3.8, 4) is 11.5 Å². The summed E-state index contributed by atoms with van der Waals surface area (Å²) < 4.78 is 19.0. The van der Waals surface area contributed by atoms with E-state index in [2.05, 4.69) is 32.5 Å². The molecular formula is C19H24N6O3. The third-order valence-electron chi connectivity index (χ3n) is 5.41. The zero-order valence-electron chi connectivity index (χ0n) is 15.9. The Kier molecular flexibility index (Phi) is 4.69. The topological polar surface area (TPSA) is 100 Å². The molecule has 0 bridgehead atoms. The molecule has 0 amide bonds. The highest BCUT2D eigenvalue weighted by Crippen LogP contribution is 2.36. The SMILES string of the molecule is CCn1ncc2c(NC3CCOCC3)c(-c3nnc(C4CCCO4)o3)cnc21. The van der Waals surface area contributed by atoms with Gasteiger partial charge in [-0.1, -0.05) is 0 Å². The predicted molar refractivity (Wildman–Crippen MR) is 102 cm³/mol. The fourth-order valence-corrected chi connectivity index (χ4v) is 3.87. The number of hydrogen-bond acceptors (Lipinski definition) is 8. The first-order valence-electron chi connectivity index (χ1n) is 9.97. The molecule has 3 aromatic heterocycles. The summed E-state index contributed by atoms with van der Waals surface area (Å²) in [6.07, 6.45) is 7.39. The van der Waals surface area contributed by atoms with Crippen LogP contribution >= 0.6 is 0 Å². The molecule has 0 aliphatic carbocycles. The Hall–Kier alpha value is -2.52. The molecule has 2 aliphatic rings. The van der Waals surface area contributed by atoms with E-state index in [0.29, 0.717) is 17.8 Å².